The van der Waals surface area contributed by atoms with Gasteiger partial charge in [-0.1, -0.05) is 30.3 Å². The third-order valence-corrected chi connectivity index (χ3v) is 3.36. The second kappa shape index (κ2) is 5.14. The molecule has 0 radical (unpaired) electrons. The van der Waals surface area contributed by atoms with Gasteiger partial charge >= 0.3 is 5.63 Å². The number of hydrogen-bond acceptors (Lipinski definition) is 3. The normalized spacial score (nSPS) is 12.5. The maximum Gasteiger partial charge on any atom is 0.343 e. The van der Waals surface area contributed by atoms with Crippen molar-refractivity contribution in [2.45, 2.75) is 13.0 Å². The minimum atomic E-state index is -0.972. The number of halogens is 1. The molecule has 0 saturated heterocycles. The molecular formula is C17H13FO3. The number of benzene rings is 2. The number of hydrogen-bond donors (Lipinski definition) is 1. The summed E-state index contributed by atoms with van der Waals surface area (Å²) >= 11 is 0. The zero-order chi connectivity index (χ0) is 15.0. The minimum absolute atomic E-state index is 0.143. The average molecular weight is 284 g/mol. The molecule has 1 N–H and O–H groups in total. The van der Waals surface area contributed by atoms with Crippen LogP contribution in [0.25, 0.3) is 21.9 Å². The molecule has 1 heterocycles. The summed E-state index contributed by atoms with van der Waals surface area (Å²) < 4.78 is 18.9. The smallest absolute Gasteiger partial charge is 0.343 e. The van der Waals surface area contributed by atoms with Gasteiger partial charge in [-0.05, 0) is 30.7 Å². The topological polar surface area (TPSA) is 50.4 Å². The van der Waals surface area contributed by atoms with E-state index in [1.54, 1.807) is 0 Å². The van der Waals surface area contributed by atoms with Gasteiger partial charge in [-0.15, -0.1) is 0 Å². The number of fused-ring (bicyclic) bond motifs is 1. The van der Waals surface area contributed by atoms with Gasteiger partial charge in [-0.2, -0.15) is 0 Å². The van der Waals surface area contributed by atoms with Gasteiger partial charge in [0.1, 0.15) is 17.7 Å². The first-order valence-electron chi connectivity index (χ1n) is 6.57. The molecule has 2 aromatic carbocycles. The van der Waals surface area contributed by atoms with E-state index in [2.05, 4.69) is 0 Å². The van der Waals surface area contributed by atoms with Gasteiger partial charge in [0, 0.05) is 10.9 Å². The molecule has 1 unspecified atom stereocenters. The highest BCUT2D eigenvalue weighted by molar-refractivity contribution is 5.96. The highest BCUT2D eigenvalue weighted by Crippen LogP contribution is 2.33. The molecule has 3 rings (SSSR count). The first-order chi connectivity index (χ1) is 10.1. The predicted molar refractivity (Wildman–Crippen MR) is 78.5 cm³/mol. The van der Waals surface area contributed by atoms with Crippen LogP contribution in [0.4, 0.5) is 4.39 Å². The van der Waals surface area contributed by atoms with E-state index in [1.807, 2.05) is 30.3 Å². The molecule has 4 heteroatoms. The van der Waals surface area contributed by atoms with Gasteiger partial charge in [0.2, 0.25) is 0 Å². The van der Waals surface area contributed by atoms with Crippen molar-refractivity contribution in [1.82, 2.24) is 0 Å². The summed E-state index contributed by atoms with van der Waals surface area (Å²) in [6.45, 7) is 1.51. The molecule has 0 spiro atoms. The van der Waals surface area contributed by atoms with Gasteiger partial charge in [-0.3, -0.25) is 0 Å². The molecule has 0 saturated carbocycles. The molecule has 0 aliphatic heterocycles. The fourth-order valence-corrected chi connectivity index (χ4v) is 2.44. The molecule has 1 atom stereocenters. The van der Waals surface area contributed by atoms with E-state index in [4.69, 9.17) is 4.42 Å². The third-order valence-electron chi connectivity index (χ3n) is 3.36. The third kappa shape index (κ3) is 2.34. The Labute approximate surface area is 120 Å². The van der Waals surface area contributed by atoms with Gasteiger partial charge < -0.3 is 9.52 Å². The highest BCUT2D eigenvalue weighted by atomic mass is 19.1. The number of rotatable bonds is 2. The standard InChI is InChI=1S/C17H13FO3/c1-10(19)16-15(11-5-3-2-4-6-11)14-9-12(18)7-8-13(14)17(20)21-16/h2-10,19H,1H3. The van der Waals surface area contributed by atoms with Crippen LogP contribution < -0.4 is 5.63 Å². The van der Waals surface area contributed by atoms with E-state index in [1.165, 1.54) is 25.1 Å². The van der Waals surface area contributed by atoms with Crippen LogP contribution in [0.2, 0.25) is 0 Å². The summed E-state index contributed by atoms with van der Waals surface area (Å²) in [5.74, 6) is -0.300. The molecule has 0 aliphatic rings. The summed E-state index contributed by atoms with van der Waals surface area (Å²) in [6, 6.07) is 13.1. The fourth-order valence-electron chi connectivity index (χ4n) is 2.44. The SMILES string of the molecule is CC(O)c1oc(=O)c2ccc(F)cc2c1-c1ccccc1. The van der Waals surface area contributed by atoms with Crippen LogP contribution >= 0.6 is 0 Å². The summed E-state index contributed by atoms with van der Waals surface area (Å²) in [6.07, 6.45) is -0.972. The Morgan fingerprint density at radius 3 is 2.48 bits per heavy atom. The van der Waals surface area contributed by atoms with E-state index in [0.717, 1.165) is 5.56 Å². The van der Waals surface area contributed by atoms with Crippen LogP contribution in [0.5, 0.6) is 0 Å². The quantitative estimate of drug-likeness (QED) is 0.781. The molecule has 0 aliphatic carbocycles. The van der Waals surface area contributed by atoms with Crippen molar-refractivity contribution in [2.24, 2.45) is 0 Å². The summed E-state index contributed by atoms with van der Waals surface area (Å²) in [4.78, 5) is 12.0. The van der Waals surface area contributed by atoms with Crippen molar-refractivity contribution < 1.29 is 13.9 Å². The van der Waals surface area contributed by atoms with Gasteiger partial charge in [0.25, 0.3) is 0 Å². The zero-order valence-corrected chi connectivity index (χ0v) is 11.3. The van der Waals surface area contributed by atoms with Crippen LogP contribution in [0.3, 0.4) is 0 Å². The van der Waals surface area contributed by atoms with Crippen LogP contribution in [0.15, 0.2) is 57.7 Å². The molecule has 21 heavy (non-hydrogen) atoms. The lowest BCUT2D eigenvalue weighted by Gasteiger charge is -2.13. The zero-order valence-electron chi connectivity index (χ0n) is 11.3. The Bertz CT molecular complexity index is 851. The van der Waals surface area contributed by atoms with Gasteiger partial charge in [0.05, 0.1) is 5.39 Å². The first-order valence-corrected chi connectivity index (χ1v) is 6.57. The van der Waals surface area contributed by atoms with E-state index in [9.17, 15) is 14.3 Å². The predicted octanol–water partition coefficient (Wildman–Crippen LogP) is 3.65. The van der Waals surface area contributed by atoms with E-state index in [-0.39, 0.29) is 5.76 Å². The second-order valence-electron chi connectivity index (χ2n) is 4.86. The summed E-state index contributed by atoms with van der Waals surface area (Å²) in [5.41, 5.74) is 0.716. The molecular weight excluding hydrogens is 271 g/mol. The lowest BCUT2D eigenvalue weighted by molar-refractivity contribution is 0.166. The van der Waals surface area contributed by atoms with E-state index >= 15 is 0 Å². The number of aliphatic hydroxyl groups is 1. The maximum absolute atomic E-state index is 13.6. The molecule has 3 nitrogen and oxygen atoms in total. The van der Waals surface area contributed by atoms with Crippen LogP contribution in [0, 0.1) is 5.82 Å². The first kappa shape index (κ1) is 13.5. The van der Waals surface area contributed by atoms with Gasteiger partial charge in [0.15, 0.2) is 0 Å². The lowest BCUT2D eigenvalue weighted by Crippen LogP contribution is -2.07. The summed E-state index contributed by atoms with van der Waals surface area (Å²) in [7, 11) is 0. The lowest BCUT2D eigenvalue weighted by atomic mass is 9.96. The van der Waals surface area contributed by atoms with Crippen molar-refractivity contribution in [3.05, 3.63) is 70.5 Å². The molecule has 106 valence electrons. The van der Waals surface area contributed by atoms with E-state index in [0.29, 0.717) is 16.3 Å². The Morgan fingerprint density at radius 2 is 1.81 bits per heavy atom. The van der Waals surface area contributed by atoms with Crippen LogP contribution in [0.1, 0.15) is 18.8 Å². The largest absolute Gasteiger partial charge is 0.424 e. The Hall–Kier alpha value is -2.46. The molecule has 3 aromatic rings. The highest BCUT2D eigenvalue weighted by Gasteiger charge is 2.19. The number of aliphatic hydroxyl groups excluding tert-OH is 1. The Balaban J connectivity index is 2.49. The van der Waals surface area contributed by atoms with E-state index < -0.39 is 17.5 Å². The van der Waals surface area contributed by atoms with Crippen molar-refractivity contribution in [2.75, 3.05) is 0 Å². The Morgan fingerprint density at radius 1 is 1.10 bits per heavy atom. The van der Waals surface area contributed by atoms with Crippen molar-refractivity contribution in [3.8, 4) is 11.1 Å². The Kier molecular flexibility index (Phi) is 3.31. The van der Waals surface area contributed by atoms with Crippen LogP contribution in [-0.2, 0) is 0 Å². The monoisotopic (exact) mass is 284 g/mol. The minimum Gasteiger partial charge on any atom is -0.424 e. The maximum atomic E-state index is 13.6. The van der Waals surface area contributed by atoms with Crippen molar-refractivity contribution in [1.29, 1.82) is 0 Å². The molecule has 0 amide bonds. The second-order valence-corrected chi connectivity index (χ2v) is 4.86. The van der Waals surface area contributed by atoms with Crippen molar-refractivity contribution in [3.63, 3.8) is 0 Å². The molecule has 0 bridgehead atoms. The van der Waals surface area contributed by atoms with Gasteiger partial charge in [-0.25, -0.2) is 9.18 Å². The molecule has 0 fully saturated rings. The molecule has 1 aromatic heterocycles. The fraction of sp³-hybridized carbons (Fsp3) is 0.118. The van der Waals surface area contributed by atoms with Crippen molar-refractivity contribution >= 4 is 10.8 Å². The summed E-state index contributed by atoms with van der Waals surface area (Å²) in [5, 5.41) is 10.6. The average Bonchev–Trinajstić information content (AvgIpc) is 2.47. The van der Waals surface area contributed by atoms with Crippen LogP contribution in [-0.4, -0.2) is 5.11 Å².